The van der Waals surface area contributed by atoms with E-state index in [4.69, 9.17) is 0 Å². The molecule has 1 atom stereocenters. The predicted octanol–water partition coefficient (Wildman–Crippen LogP) is 7.87. The van der Waals surface area contributed by atoms with E-state index in [1.165, 1.54) is 29.9 Å². The molecule has 1 aromatic rings. The van der Waals surface area contributed by atoms with Crippen LogP contribution in [0.3, 0.4) is 0 Å². The third-order valence-electron chi connectivity index (χ3n) is 3.90. The van der Waals surface area contributed by atoms with E-state index in [1.54, 1.807) is 5.31 Å². The van der Waals surface area contributed by atoms with Gasteiger partial charge in [-0.15, -0.1) is 6.58 Å². The SMILES string of the molecule is C=CC/C=C\C(=C/C)P(/C1=C/CCC/C=C\C1)c1ccccc1.CC. The Kier molecular flexibility index (Phi) is 11.7. The van der Waals surface area contributed by atoms with Gasteiger partial charge in [0.1, 0.15) is 0 Å². The summed E-state index contributed by atoms with van der Waals surface area (Å²) in [7, 11) is -0.433. The minimum Gasteiger partial charge on any atom is -0.103 e. The van der Waals surface area contributed by atoms with E-state index in [1.807, 2.05) is 19.9 Å². The number of benzene rings is 1. The van der Waals surface area contributed by atoms with Crippen molar-refractivity contribution in [2.24, 2.45) is 0 Å². The minimum absolute atomic E-state index is 0.433. The zero-order chi connectivity index (χ0) is 18.3. The Balaban J connectivity index is 0.00000151. The van der Waals surface area contributed by atoms with Crippen LogP contribution in [0.4, 0.5) is 0 Å². The lowest BCUT2D eigenvalue weighted by Crippen LogP contribution is -2.03. The molecule has 1 aliphatic rings. The molecule has 0 spiro atoms. The molecule has 0 saturated carbocycles. The Labute approximate surface area is 156 Å². The van der Waals surface area contributed by atoms with E-state index in [0.717, 1.165) is 12.8 Å². The van der Waals surface area contributed by atoms with Crippen LogP contribution in [0.25, 0.3) is 0 Å². The molecule has 0 aromatic heterocycles. The average Bonchev–Trinajstić information content (AvgIpc) is 2.64. The summed E-state index contributed by atoms with van der Waals surface area (Å²) < 4.78 is 0. The molecular weight excluding hydrogens is 319 g/mol. The minimum atomic E-state index is -0.433. The van der Waals surface area contributed by atoms with Crippen molar-refractivity contribution in [3.8, 4) is 0 Å². The van der Waals surface area contributed by atoms with Crippen LogP contribution in [0.5, 0.6) is 0 Å². The van der Waals surface area contributed by atoms with Crippen molar-refractivity contribution in [1.82, 2.24) is 0 Å². The highest BCUT2D eigenvalue weighted by atomic mass is 31.1. The predicted molar refractivity (Wildman–Crippen MR) is 118 cm³/mol. The van der Waals surface area contributed by atoms with Crippen molar-refractivity contribution in [2.45, 2.75) is 52.9 Å². The van der Waals surface area contributed by atoms with Gasteiger partial charge in [0.15, 0.2) is 0 Å². The second-order valence-electron chi connectivity index (χ2n) is 5.61. The van der Waals surface area contributed by atoms with Gasteiger partial charge in [0.25, 0.3) is 0 Å². The van der Waals surface area contributed by atoms with Crippen LogP contribution in [0.2, 0.25) is 0 Å². The first kappa shape index (κ1) is 21.4. The van der Waals surface area contributed by atoms with Crippen molar-refractivity contribution < 1.29 is 0 Å². The van der Waals surface area contributed by atoms with Gasteiger partial charge in [-0.3, -0.25) is 0 Å². The Morgan fingerprint density at radius 3 is 2.56 bits per heavy atom. The van der Waals surface area contributed by atoms with Crippen molar-refractivity contribution in [1.29, 1.82) is 0 Å². The summed E-state index contributed by atoms with van der Waals surface area (Å²) in [6.07, 6.45) is 21.6. The molecule has 0 fully saturated rings. The molecule has 1 aliphatic carbocycles. The number of hydrogen-bond acceptors (Lipinski definition) is 0. The van der Waals surface area contributed by atoms with Gasteiger partial charge in [0.2, 0.25) is 0 Å². The van der Waals surface area contributed by atoms with E-state index in [-0.39, 0.29) is 0 Å². The van der Waals surface area contributed by atoms with E-state index in [0.29, 0.717) is 0 Å². The molecule has 0 N–H and O–H groups in total. The van der Waals surface area contributed by atoms with Gasteiger partial charge in [0, 0.05) is 0 Å². The first-order chi connectivity index (χ1) is 12.4. The van der Waals surface area contributed by atoms with Crippen LogP contribution < -0.4 is 5.30 Å². The normalized spacial score (nSPS) is 19.6. The molecule has 25 heavy (non-hydrogen) atoms. The van der Waals surface area contributed by atoms with E-state index in [9.17, 15) is 0 Å². The first-order valence-corrected chi connectivity index (χ1v) is 10.8. The molecule has 1 unspecified atom stereocenters. The molecule has 0 nitrogen and oxygen atoms in total. The number of allylic oxidation sites excluding steroid dienone is 9. The fourth-order valence-electron chi connectivity index (χ4n) is 2.73. The maximum Gasteiger partial charge on any atom is -0.00899 e. The quantitative estimate of drug-likeness (QED) is 0.277. The van der Waals surface area contributed by atoms with Crippen LogP contribution in [-0.4, -0.2) is 0 Å². The molecule has 1 aromatic carbocycles. The second kappa shape index (κ2) is 13.6. The molecule has 0 heterocycles. The second-order valence-corrected chi connectivity index (χ2v) is 7.89. The number of rotatable bonds is 6. The molecule has 2 rings (SSSR count). The van der Waals surface area contributed by atoms with Crippen LogP contribution in [-0.2, 0) is 0 Å². The van der Waals surface area contributed by atoms with Gasteiger partial charge in [0.05, 0.1) is 0 Å². The molecular formula is C24H33P. The number of hydrogen-bond donors (Lipinski definition) is 0. The van der Waals surface area contributed by atoms with Crippen LogP contribution in [0.15, 0.2) is 90.1 Å². The van der Waals surface area contributed by atoms with Crippen molar-refractivity contribution in [3.05, 3.63) is 90.1 Å². The molecule has 0 bridgehead atoms. The van der Waals surface area contributed by atoms with Gasteiger partial charge >= 0.3 is 0 Å². The van der Waals surface area contributed by atoms with Gasteiger partial charge in [-0.25, -0.2) is 0 Å². The summed E-state index contributed by atoms with van der Waals surface area (Å²) in [5.74, 6) is 0. The third kappa shape index (κ3) is 7.41. The maximum atomic E-state index is 3.81. The summed E-state index contributed by atoms with van der Waals surface area (Å²) in [5, 5.41) is 4.46. The van der Waals surface area contributed by atoms with Gasteiger partial charge in [-0.05, 0) is 62.9 Å². The smallest absolute Gasteiger partial charge is 0.00899 e. The molecule has 0 aliphatic heterocycles. The Bertz CT molecular complexity index is 602. The van der Waals surface area contributed by atoms with Crippen molar-refractivity contribution in [2.75, 3.05) is 0 Å². The fourth-order valence-corrected chi connectivity index (χ4v) is 5.28. The molecule has 0 amide bonds. The summed E-state index contributed by atoms with van der Waals surface area (Å²) in [5.41, 5.74) is 0. The van der Waals surface area contributed by atoms with Crippen LogP contribution >= 0.6 is 7.92 Å². The van der Waals surface area contributed by atoms with E-state index in [2.05, 4.69) is 80.3 Å². The zero-order valence-corrected chi connectivity index (χ0v) is 17.0. The molecule has 0 radical (unpaired) electrons. The monoisotopic (exact) mass is 352 g/mol. The Morgan fingerprint density at radius 2 is 1.88 bits per heavy atom. The zero-order valence-electron chi connectivity index (χ0n) is 16.1. The van der Waals surface area contributed by atoms with Gasteiger partial charge in [-0.2, -0.15) is 0 Å². The molecule has 1 heteroatoms. The fraction of sp³-hybridized carbons (Fsp3) is 0.333. The lowest BCUT2D eigenvalue weighted by atomic mass is 10.1. The highest BCUT2D eigenvalue weighted by Crippen LogP contribution is 2.53. The Hall–Kier alpha value is -1.65. The van der Waals surface area contributed by atoms with E-state index < -0.39 is 7.92 Å². The third-order valence-corrected chi connectivity index (χ3v) is 6.57. The van der Waals surface area contributed by atoms with Crippen LogP contribution in [0.1, 0.15) is 52.9 Å². The standard InChI is InChI=1S/C22H27P.C2H6/c1-3-5-10-15-20(4-2)23(22-18-13-9-14-19-22)21-16-11-7-6-8-12-17-21;1-2/h3-4,7,9-11,13-15,17-19H,1,5-6,8,12,16H2,2H3;1-2H3/b11-7-,15-10-,20-4+,21-17+;. The topological polar surface area (TPSA) is 0 Å². The van der Waals surface area contributed by atoms with E-state index >= 15 is 0 Å². The lowest BCUT2D eigenvalue weighted by Gasteiger charge is -2.23. The largest absolute Gasteiger partial charge is 0.103 e. The van der Waals surface area contributed by atoms with Crippen LogP contribution in [0, 0.1) is 0 Å². The summed E-state index contributed by atoms with van der Waals surface area (Å²) in [4.78, 5) is 0. The van der Waals surface area contributed by atoms with Gasteiger partial charge in [-0.1, -0.05) is 86.7 Å². The maximum absolute atomic E-state index is 3.81. The average molecular weight is 353 g/mol. The highest BCUT2D eigenvalue weighted by molar-refractivity contribution is 7.73. The molecule has 134 valence electrons. The van der Waals surface area contributed by atoms with Crippen molar-refractivity contribution >= 4 is 13.2 Å². The first-order valence-electron chi connectivity index (χ1n) is 9.49. The molecule has 0 saturated heterocycles. The summed E-state index contributed by atoms with van der Waals surface area (Å²) in [6.45, 7) is 9.97. The lowest BCUT2D eigenvalue weighted by molar-refractivity contribution is 0.854. The summed E-state index contributed by atoms with van der Waals surface area (Å²) in [6, 6.07) is 11.0. The van der Waals surface area contributed by atoms with Gasteiger partial charge < -0.3 is 0 Å². The highest BCUT2D eigenvalue weighted by Gasteiger charge is 2.18. The summed E-state index contributed by atoms with van der Waals surface area (Å²) >= 11 is 0. The van der Waals surface area contributed by atoms with Crippen molar-refractivity contribution in [3.63, 3.8) is 0 Å². The Morgan fingerprint density at radius 1 is 1.12 bits per heavy atom.